The van der Waals surface area contributed by atoms with Crippen molar-refractivity contribution in [2.75, 3.05) is 5.75 Å². The van der Waals surface area contributed by atoms with E-state index in [9.17, 15) is 9.59 Å². The number of nitrogens with one attached hydrogen (secondary N) is 1. The van der Waals surface area contributed by atoms with Gasteiger partial charge in [-0.15, -0.1) is 11.3 Å². The van der Waals surface area contributed by atoms with Crippen molar-refractivity contribution in [3.05, 3.63) is 83.9 Å². The van der Waals surface area contributed by atoms with Gasteiger partial charge in [0.1, 0.15) is 4.83 Å². The minimum atomic E-state index is -0.359. The fourth-order valence-electron chi connectivity index (χ4n) is 4.07. The van der Waals surface area contributed by atoms with Crippen molar-refractivity contribution in [3.63, 3.8) is 0 Å². The maximum Gasteiger partial charge on any atom is 0.267 e. The molecule has 4 aromatic rings. The van der Waals surface area contributed by atoms with Crippen LogP contribution in [0.4, 0.5) is 0 Å². The van der Waals surface area contributed by atoms with E-state index in [0.717, 1.165) is 31.2 Å². The third-order valence-corrected chi connectivity index (χ3v) is 8.79. The lowest BCUT2D eigenvalue weighted by atomic mass is 9.97. The van der Waals surface area contributed by atoms with E-state index in [1.54, 1.807) is 58.4 Å². The van der Waals surface area contributed by atoms with Gasteiger partial charge in [0.05, 0.1) is 33.1 Å². The number of hydrogen-bond donors (Lipinski definition) is 1. The molecule has 36 heavy (non-hydrogen) atoms. The van der Waals surface area contributed by atoms with E-state index in [4.69, 9.17) is 39.8 Å². The minimum Gasteiger partial charge on any atom is -0.272 e. The van der Waals surface area contributed by atoms with Crippen LogP contribution >= 0.6 is 57.9 Å². The summed E-state index contributed by atoms with van der Waals surface area (Å²) in [4.78, 5) is 33.0. The third kappa shape index (κ3) is 5.19. The van der Waals surface area contributed by atoms with Crippen molar-refractivity contribution in [2.45, 2.75) is 30.8 Å². The molecule has 2 aromatic heterocycles. The van der Waals surface area contributed by atoms with Gasteiger partial charge in [-0.3, -0.25) is 14.2 Å². The smallest absolute Gasteiger partial charge is 0.267 e. The number of carbonyl (C=O) groups is 1. The molecule has 11 heteroatoms. The Morgan fingerprint density at radius 3 is 2.58 bits per heavy atom. The molecule has 2 aromatic carbocycles. The standard InChI is InChI=1S/C25H19Cl3N4O2S2/c26-14-8-10-15(11-9-14)32-24(34)22-16-4-1-2-7-20(16)36-23(22)30-25(32)35-13-21(33)31-29-12-17-18(27)5-3-6-19(17)28/h3,5-6,8-12H,1-2,4,7,13H2,(H,31,33). The molecule has 2 heterocycles. The molecule has 0 bridgehead atoms. The topological polar surface area (TPSA) is 76.3 Å². The average Bonchev–Trinajstić information content (AvgIpc) is 3.24. The Labute approximate surface area is 230 Å². The van der Waals surface area contributed by atoms with Gasteiger partial charge in [0.15, 0.2) is 5.16 Å². The van der Waals surface area contributed by atoms with E-state index < -0.39 is 0 Å². The Balaban J connectivity index is 1.43. The van der Waals surface area contributed by atoms with Crippen LogP contribution < -0.4 is 11.0 Å². The van der Waals surface area contributed by atoms with Crippen molar-refractivity contribution in [3.8, 4) is 5.69 Å². The highest BCUT2D eigenvalue weighted by atomic mass is 35.5. The molecule has 0 saturated heterocycles. The Morgan fingerprint density at radius 1 is 1.11 bits per heavy atom. The van der Waals surface area contributed by atoms with E-state index in [2.05, 4.69) is 10.5 Å². The number of fused-ring (bicyclic) bond motifs is 3. The number of carbonyl (C=O) groups excluding carboxylic acids is 1. The molecular formula is C25H19Cl3N4O2S2. The van der Waals surface area contributed by atoms with Gasteiger partial charge in [-0.2, -0.15) is 5.10 Å². The van der Waals surface area contributed by atoms with Gasteiger partial charge >= 0.3 is 0 Å². The number of aromatic nitrogens is 2. The van der Waals surface area contributed by atoms with Crippen molar-refractivity contribution < 1.29 is 4.79 Å². The van der Waals surface area contributed by atoms with Crippen LogP contribution in [0.1, 0.15) is 28.8 Å². The van der Waals surface area contributed by atoms with E-state index >= 15 is 0 Å². The number of hydrogen-bond acceptors (Lipinski definition) is 6. The summed E-state index contributed by atoms with van der Waals surface area (Å²) >= 11 is 21.1. The van der Waals surface area contributed by atoms with Crippen molar-refractivity contribution >= 4 is 80.2 Å². The van der Waals surface area contributed by atoms with Gasteiger partial charge < -0.3 is 0 Å². The van der Waals surface area contributed by atoms with Gasteiger partial charge in [-0.1, -0.05) is 52.6 Å². The van der Waals surface area contributed by atoms with Crippen LogP contribution in [0.2, 0.25) is 15.1 Å². The SMILES string of the molecule is O=C(CSc1nc2sc3c(c2c(=O)n1-c1ccc(Cl)cc1)CCCC3)NN=Cc1c(Cl)cccc1Cl. The van der Waals surface area contributed by atoms with Crippen LogP contribution in [-0.2, 0) is 17.6 Å². The zero-order valence-corrected chi connectivity index (χ0v) is 22.7. The van der Waals surface area contributed by atoms with Gasteiger partial charge in [0.25, 0.3) is 11.5 Å². The van der Waals surface area contributed by atoms with E-state index in [0.29, 0.717) is 41.7 Å². The predicted octanol–water partition coefficient (Wildman–Crippen LogP) is 6.53. The summed E-state index contributed by atoms with van der Waals surface area (Å²) in [6.07, 6.45) is 5.43. The summed E-state index contributed by atoms with van der Waals surface area (Å²) in [5.74, 6) is -0.355. The van der Waals surface area contributed by atoms with Crippen LogP contribution in [-0.4, -0.2) is 27.4 Å². The first-order chi connectivity index (χ1) is 17.4. The number of rotatable bonds is 6. The molecule has 0 radical (unpaired) electrons. The molecule has 0 atom stereocenters. The van der Waals surface area contributed by atoms with Crippen molar-refractivity contribution in [2.24, 2.45) is 5.10 Å². The molecule has 1 amide bonds. The molecule has 0 unspecified atom stereocenters. The van der Waals surface area contributed by atoms with Crippen LogP contribution in [0.3, 0.4) is 0 Å². The normalized spacial score (nSPS) is 13.3. The van der Waals surface area contributed by atoms with Crippen LogP contribution in [0, 0.1) is 0 Å². The Kier molecular flexibility index (Phi) is 7.69. The fraction of sp³-hybridized carbons (Fsp3) is 0.200. The van der Waals surface area contributed by atoms with Crippen molar-refractivity contribution in [1.82, 2.24) is 15.0 Å². The monoisotopic (exact) mass is 576 g/mol. The highest BCUT2D eigenvalue weighted by Crippen LogP contribution is 2.35. The number of hydrazone groups is 1. The summed E-state index contributed by atoms with van der Waals surface area (Å²) in [6.45, 7) is 0. The zero-order valence-electron chi connectivity index (χ0n) is 18.8. The summed E-state index contributed by atoms with van der Waals surface area (Å²) in [5.41, 5.74) is 4.62. The maximum atomic E-state index is 13.7. The van der Waals surface area contributed by atoms with E-state index in [-0.39, 0.29) is 17.2 Å². The number of halogens is 3. The molecular weight excluding hydrogens is 559 g/mol. The molecule has 1 N–H and O–H groups in total. The molecule has 0 spiro atoms. The Bertz CT molecular complexity index is 1530. The molecule has 1 aliphatic rings. The fourth-order valence-corrected chi connectivity index (χ4v) is 6.79. The Hall–Kier alpha value is -2.36. The van der Waals surface area contributed by atoms with Gasteiger partial charge in [0.2, 0.25) is 0 Å². The van der Waals surface area contributed by atoms with Gasteiger partial charge in [-0.25, -0.2) is 10.4 Å². The number of aryl methyl sites for hydroxylation is 2. The molecule has 0 saturated carbocycles. The molecule has 0 aliphatic heterocycles. The predicted molar refractivity (Wildman–Crippen MR) is 150 cm³/mol. The van der Waals surface area contributed by atoms with Crippen LogP contribution in [0.15, 0.2) is 57.5 Å². The number of benzene rings is 2. The number of nitrogens with zero attached hydrogens (tertiary/aromatic N) is 3. The highest BCUT2D eigenvalue weighted by Gasteiger charge is 2.23. The second-order valence-electron chi connectivity index (χ2n) is 8.12. The molecule has 1 aliphatic carbocycles. The summed E-state index contributed by atoms with van der Waals surface area (Å²) in [6, 6.07) is 12.1. The van der Waals surface area contributed by atoms with Gasteiger partial charge in [-0.05, 0) is 67.6 Å². The summed E-state index contributed by atoms with van der Waals surface area (Å²) in [7, 11) is 0. The second kappa shape index (κ2) is 10.9. The molecule has 184 valence electrons. The van der Waals surface area contributed by atoms with E-state index in [1.807, 2.05) is 0 Å². The highest BCUT2D eigenvalue weighted by molar-refractivity contribution is 7.99. The lowest BCUT2D eigenvalue weighted by molar-refractivity contribution is -0.118. The van der Waals surface area contributed by atoms with E-state index in [1.165, 1.54) is 22.9 Å². The minimum absolute atomic E-state index is 0.00419. The Morgan fingerprint density at radius 2 is 1.83 bits per heavy atom. The number of thiophene rings is 1. The van der Waals surface area contributed by atoms with Crippen LogP contribution in [0.5, 0.6) is 0 Å². The zero-order chi connectivity index (χ0) is 25.2. The van der Waals surface area contributed by atoms with Crippen molar-refractivity contribution in [1.29, 1.82) is 0 Å². The first kappa shape index (κ1) is 25.3. The summed E-state index contributed by atoms with van der Waals surface area (Å²) in [5, 5.41) is 6.51. The lowest BCUT2D eigenvalue weighted by Gasteiger charge is -2.13. The first-order valence-corrected chi connectivity index (χ1v) is 14.1. The summed E-state index contributed by atoms with van der Waals surface area (Å²) < 4.78 is 1.56. The maximum absolute atomic E-state index is 13.7. The quantitative estimate of drug-likeness (QED) is 0.122. The number of thioether (sulfide) groups is 1. The third-order valence-electron chi connectivity index (χ3n) is 5.76. The molecule has 5 rings (SSSR count). The average molecular weight is 578 g/mol. The lowest BCUT2D eigenvalue weighted by Crippen LogP contribution is -2.24. The largest absolute Gasteiger partial charge is 0.272 e. The van der Waals surface area contributed by atoms with Crippen LogP contribution in [0.25, 0.3) is 15.9 Å². The molecule has 6 nitrogen and oxygen atoms in total. The first-order valence-electron chi connectivity index (χ1n) is 11.1. The second-order valence-corrected chi connectivity index (χ2v) is 11.4. The van der Waals surface area contributed by atoms with Gasteiger partial charge in [0, 0.05) is 15.5 Å². The number of amides is 1. The molecule has 0 fully saturated rings.